The standard InChI is InChI=1S/C22H25N3O2/c1-3-25(4-2)19-12-10-18(11-13-19)24-21(26)14-15-22-23-16-20(27-22)17-8-6-5-7-9-17/h5-13,16H,3-4,14-15H2,1-2H3,(H,24,26). The van der Waals surface area contributed by atoms with Crippen LogP contribution >= 0.6 is 0 Å². The summed E-state index contributed by atoms with van der Waals surface area (Å²) in [5, 5.41) is 2.93. The minimum atomic E-state index is -0.0509. The van der Waals surface area contributed by atoms with E-state index < -0.39 is 0 Å². The second-order valence-corrected chi connectivity index (χ2v) is 6.25. The van der Waals surface area contributed by atoms with Gasteiger partial charge in [0.1, 0.15) is 0 Å². The van der Waals surface area contributed by atoms with Crippen LogP contribution < -0.4 is 10.2 Å². The molecule has 3 aromatic rings. The molecule has 3 rings (SSSR count). The largest absolute Gasteiger partial charge is 0.441 e. The van der Waals surface area contributed by atoms with E-state index in [1.165, 1.54) is 0 Å². The smallest absolute Gasteiger partial charge is 0.224 e. The summed E-state index contributed by atoms with van der Waals surface area (Å²) in [4.78, 5) is 18.7. The molecule has 1 N–H and O–H groups in total. The minimum Gasteiger partial charge on any atom is -0.441 e. The summed E-state index contributed by atoms with van der Waals surface area (Å²) in [6.45, 7) is 6.18. The van der Waals surface area contributed by atoms with Crippen LogP contribution in [0.3, 0.4) is 0 Å². The monoisotopic (exact) mass is 363 g/mol. The number of oxazole rings is 1. The molecule has 1 aromatic heterocycles. The zero-order chi connectivity index (χ0) is 19.1. The van der Waals surface area contributed by atoms with Crippen molar-refractivity contribution < 1.29 is 9.21 Å². The van der Waals surface area contributed by atoms with Crippen molar-refractivity contribution >= 4 is 17.3 Å². The lowest BCUT2D eigenvalue weighted by Crippen LogP contribution is -2.21. The van der Waals surface area contributed by atoms with Gasteiger partial charge in [0.25, 0.3) is 0 Å². The summed E-state index contributed by atoms with van der Waals surface area (Å²) < 4.78 is 5.74. The predicted molar refractivity (Wildman–Crippen MR) is 109 cm³/mol. The van der Waals surface area contributed by atoms with Gasteiger partial charge < -0.3 is 14.6 Å². The Labute approximate surface area is 160 Å². The molecule has 0 fully saturated rings. The first kappa shape index (κ1) is 18.7. The molecule has 0 aliphatic carbocycles. The molecule has 27 heavy (non-hydrogen) atoms. The predicted octanol–water partition coefficient (Wildman–Crippen LogP) is 4.76. The SMILES string of the molecule is CCN(CC)c1ccc(NC(=O)CCc2ncc(-c3ccccc3)o2)cc1. The Morgan fingerprint density at radius 3 is 2.41 bits per heavy atom. The van der Waals surface area contributed by atoms with Crippen molar-refractivity contribution in [2.75, 3.05) is 23.3 Å². The highest BCUT2D eigenvalue weighted by Gasteiger charge is 2.09. The Bertz CT molecular complexity index is 853. The van der Waals surface area contributed by atoms with Crippen LogP contribution in [0.2, 0.25) is 0 Å². The van der Waals surface area contributed by atoms with E-state index in [2.05, 4.69) is 29.0 Å². The van der Waals surface area contributed by atoms with Gasteiger partial charge >= 0.3 is 0 Å². The van der Waals surface area contributed by atoms with Gasteiger partial charge in [-0.1, -0.05) is 30.3 Å². The van der Waals surface area contributed by atoms with Gasteiger partial charge in [-0.15, -0.1) is 0 Å². The number of aromatic nitrogens is 1. The van der Waals surface area contributed by atoms with Crippen LogP contribution in [0.1, 0.15) is 26.2 Å². The lowest BCUT2D eigenvalue weighted by molar-refractivity contribution is -0.116. The fraction of sp³-hybridized carbons (Fsp3) is 0.273. The average molecular weight is 363 g/mol. The third-order valence-electron chi connectivity index (χ3n) is 4.46. The lowest BCUT2D eigenvalue weighted by atomic mass is 10.2. The first-order valence-corrected chi connectivity index (χ1v) is 9.34. The summed E-state index contributed by atoms with van der Waals surface area (Å²) in [5.41, 5.74) is 2.94. The molecule has 5 heteroatoms. The quantitative estimate of drug-likeness (QED) is 0.627. The first-order chi connectivity index (χ1) is 13.2. The molecule has 0 aliphatic rings. The average Bonchev–Trinajstić information content (AvgIpc) is 3.18. The van der Waals surface area contributed by atoms with Gasteiger partial charge in [0.2, 0.25) is 5.91 Å². The van der Waals surface area contributed by atoms with E-state index in [9.17, 15) is 4.79 Å². The molecular weight excluding hydrogens is 338 g/mol. The maximum atomic E-state index is 12.2. The van der Waals surface area contributed by atoms with E-state index >= 15 is 0 Å². The molecule has 1 amide bonds. The number of amides is 1. The summed E-state index contributed by atoms with van der Waals surface area (Å²) in [7, 11) is 0. The molecule has 0 saturated carbocycles. The fourth-order valence-corrected chi connectivity index (χ4v) is 2.95. The molecule has 0 aliphatic heterocycles. The van der Waals surface area contributed by atoms with Gasteiger partial charge in [0.05, 0.1) is 6.20 Å². The zero-order valence-electron chi connectivity index (χ0n) is 15.8. The van der Waals surface area contributed by atoms with Gasteiger partial charge in [-0.05, 0) is 38.1 Å². The van der Waals surface area contributed by atoms with E-state index in [0.717, 1.165) is 35.8 Å². The summed E-state index contributed by atoms with van der Waals surface area (Å²) >= 11 is 0. The van der Waals surface area contributed by atoms with Crippen molar-refractivity contribution in [1.82, 2.24) is 4.98 Å². The second kappa shape index (κ2) is 9.03. The molecule has 1 heterocycles. The van der Waals surface area contributed by atoms with Crippen LogP contribution in [0.15, 0.2) is 65.2 Å². The second-order valence-electron chi connectivity index (χ2n) is 6.25. The van der Waals surface area contributed by atoms with Crippen LogP contribution in [0, 0.1) is 0 Å². The Balaban J connectivity index is 1.52. The molecule has 0 atom stereocenters. The lowest BCUT2D eigenvalue weighted by Gasteiger charge is -2.21. The van der Waals surface area contributed by atoms with Crippen molar-refractivity contribution in [1.29, 1.82) is 0 Å². The number of hydrogen-bond acceptors (Lipinski definition) is 4. The number of anilines is 2. The Morgan fingerprint density at radius 1 is 1.04 bits per heavy atom. The van der Waals surface area contributed by atoms with Crippen molar-refractivity contribution in [2.24, 2.45) is 0 Å². The zero-order valence-corrected chi connectivity index (χ0v) is 15.8. The summed E-state index contributed by atoms with van der Waals surface area (Å²) in [5.74, 6) is 1.24. The van der Waals surface area contributed by atoms with Crippen LogP contribution in [0.5, 0.6) is 0 Å². The fourth-order valence-electron chi connectivity index (χ4n) is 2.95. The van der Waals surface area contributed by atoms with Gasteiger partial charge in [-0.3, -0.25) is 4.79 Å². The van der Waals surface area contributed by atoms with Crippen LogP contribution in [0.25, 0.3) is 11.3 Å². The maximum absolute atomic E-state index is 12.2. The molecule has 2 aromatic carbocycles. The molecule has 5 nitrogen and oxygen atoms in total. The molecular formula is C22H25N3O2. The molecule has 0 spiro atoms. The van der Waals surface area contributed by atoms with Crippen molar-refractivity contribution in [3.05, 3.63) is 66.7 Å². The van der Waals surface area contributed by atoms with E-state index in [1.807, 2.05) is 54.6 Å². The minimum absolute atomic E-state index is 0.0509. The third-order valence-corrected chi connectivity index (χ3v) is 4.46. The molecule has 0 bridgehead atoms. The third kappa shape index (κ3) is 4.97. The van der Waals surface area contributed by atoms with Crippen molar-refractivity contribution in [3.63, 3.8) is 0 Å². The first-order valence-electron chi connectivity index (χ1n) is 9.34. The van der Waals surface area contributed by atoms with Crippen LogP contribution in [-0.4, -0.2) is 24.0 Å². The van der Waals surface area contributed by atoms with E-state index in [4.69, 9.17) is 4.42 Å². The molecule has 0 unspecified atom stereocenters. The number of aryl methyl sites for hydroxylation is 1. The van der Waals surface area contributed by atoms with Crippen LogP contribution in [0.4, 0.5) is 11.4 Å². The maximum Gasteiger partial charge on any atom is 0.224 e. The van der Waals surface area contributed by atoms with E-state index in [-0.39, 0.29) is 5.91 Å². The normalized spacial score (nSPS) is 10.6. The topological polar surface area (TPSA) is 58.4 Å². The van der Waals surface area contributed by atoms with Crippen LogP contribution in [-0.2, 0) is 11.2 Å². The highest BCUT2D eigenvalue weighted by molar-refractivity contribution is 5.90. The van der Waals surface area contributed by atoms with E-state index in [0.29, 0.717) is 18.7 Å². The number of carbonyl (C=O) groups is 1. The highest BCUT2D eigenvalue weighted by atomic mass is 16.4. The summed E-state index contributed by atoms with van der Waals surface area (Å²) in [6, 6.07) is 17.7. The summed E-state index contributed by atoms with van der Waals surface area (Å²) in [6.07, 6.45) is 2.50. The Hall–Kier alpha value is -3.08. The van der Waals surface area contributed by atoms with E-state index in [1.54, 1.807) is 6.20 Å². The molecule has 0 radical (unpaired) electrons. The number of rotatable bonds is 8. The molecule has 140 valence electrons. The van der Waals surface area contributed by atoms with Gasteiger partial charge in [0, 0.05) is 42.9 Å². The number of nitrogens with one attached hydrogen (secondary N) is 1. The van der Waals surface area contributed by atoms with Crippen molar-refractivity contribution in [3.8, 4) is 11.3 Å². The van der Waals surface area contributed by atoms with Gasteiger partial charge in [-0.25, -0.2) is 4.98 Å². The van der Waals surface area contributed by atoms with Crippen molar-refractivity contribution in [2.45, 2.75) is 26.7 Å². The van der Waals surface area contributed by atoms with Gasteiger partial charge in [-0.2, -0.15) is 0 Å². The number of benzene rings is 2. The van der Waals surface area contributed by atoms with Gasteiger partial charge in [0.15, 0.2) is 11.7 Å². The Kier molecular flexibility index (Phi) is 6.26. The number of carbonyl (C=O) groups excluding carboxylic acids is 1. The Morgan fingerprint density at radius 2 is 1.74 bits per heavy atom. The number of hydrogen-bond donors (Lipinski definition) is 1. The number of nitrogens with zero attached hydrogens (tertiary/aromatic N) is 2. The molecule has 0 saturated heterocycles. The highest BCUT2D eigenvalue weighted by Crippen LogP contribution is 2.21.